The molecule has 1 heteroatoms. The van der Waals surface area contributed by atoms with Crippen molar-refractivity contribution in [1.82, 2.24) is 0 Å². The van der Waals surface area contributed by atoms with Crippen LogP contribution >= 0.6 is 0 Å². The van der Waals surface area contributed by atoms with Crippen molar-refractivity contribution < 1.29 is 5.11 Å². The standard InChI is InChI=1S/C19H18O/c1-19(2,14-8-4-3-5-9-14)17-12-13-18(20)16-11-7-6-10-15(16)17/h3-13,20H,1-2H3. The lowest BCUT2D eigenvalue weighted by Gasteiger charge is -2.27. The molecule has 100 valence electrons. The van der Waals surface area contributed by atoms with Crippen LogP contribution in [0.5, 0.6) is 5.75 Å². The van der Waals surface area contributed by atoms with Crippen molar-refractivity contribution in [3.63, 3.8) is 0 Å². The Balaban J connectivity index is 2.27. The molecule has 1 nitrogen and oxygen atoms in total. The molecule has 0 unspecified atom stereocenters. The van der Waals surface area contributed by atoms with Crippen molar-refractivity contribution in [3.05, 3.63) is 77.9 Å². The van der Waals surface area contributed by atoms with E-state index in [1.165, 1.54) is 11.1 Å². The Kier molecular flexibility index (Phi) is 2.98. The fourth-order valence-electron chi connectivity index (χ4n) is 2.84. The third-order valence-corrected chi connectivity index (χ3v) is 4.07. The van der Waals surface area contributed by atoms with Gasteiger partial charge in [0.25, 0.3) is 0 Å². The summed E-state index contributed by atoms with van der Waals surface area (Å²) >= 11 is 0. The van der Waals surface area contributed by atoms with Crippen LogP contribution < -0.4 is 0 Å². The van der Waals surface area contributed by atoms with Gasteiger partial charge in [-0.15, -0.1) is 0 Å². The number of aromatic hydroxyl groups is 1. The monoisotopic (exact) mass is 262 g/mol. The third-order valence-electron chi connectivity index (χ3n) is 4.07. The Morgan fingerprint density at radius 1 is 0.700 bits per heavy atom. The molecule has 0 aliphatic carbocycles. The van der Waals surface area contributed by atoms with Gasteiger partial charge >= 0.3 is 0 Å². The van der Waals surface area contributed by atoms with E-state index < -0.39 is 0 Å². The molecule has 0 fully saturated rings. The number of hydrogen-bond donors (Lipinski definition) is 1. The average molecular weight is 262 g/mol. The lowest BCUT2D eigenvalue weighted by molar-refractivity contribution is 0.481. The molecule has 0 bridgehead atoms. The number of hydrogen-bond acceptors (Lipinski definition) is 1. The van der Waals surface area contributed by atoms with E-state index in [1.54, 1.807) is 6.07 Å². The third kappa shape index (κ3) is 1.96. The van der Waals surface area contributed by atoms with Gasteiger partial charge in [0.15, 0.2) is 0 Å². The number of rotatable bonds is 2. The number of phenolic OH excluding ortho intramolecular Hbond substituents is 1. The Bertz CT molecular complexity index is 742. The van der Waals surface area contributed by atoms with Gasteiger partial charge in [0.05, 0.1) is 0 Å². The Labute approximate surface area is 119 Å². The number of phenols is 1. The molecule has 1 N–H and O–H groups in total. The second-order valence-corrected chi connectivity index (χ2v) is 5.67. The van der Waals surface area contributed by atoms with Crippen molar-refractivity contribution in [3.8, 4) is 5.75 Å². The molecule has 0 saturated heterocycles. The zero-order chi connectivity index (χ0) is 14.2. The van der Waals surface area contributed by atoms with Crippen LogP contribution in [0, 0.1) is 0 Å². The molecular weight excluding hydrogens is 244 g/mol. The van der Waals surface area contributed by atoms with E-state index >= 15 is 0 Å². The van der Waals surface area contributed by atoms with E-state index in [-0.39, 0.29) is 5.41 Å². The van der Waals surface area contributed by atoms with Crippen molar-refractivity contribution in [2.45, 2.75) is 19.3 Å². The lowest BCUT2D eigenvalue weighted by Crippen LogP contribution is -2.19. The van der Waals surface area contributed by atoms with E-state index in [1.807, 2.05) is 30.3 Å². The van der Waals surface area contributed by atoms with E-state index in [4.69, 9.17) is 0 Å². The van der Waals surface area contributed by atoms with E-state index in [0.717, 1.165) is 10.8 Å². The molecule has 0 atom stereocenters. The second kappa shape index (κ2) is 4.68. The summed E-state index contributed by atoms with van der Waals surface area (Å²) < 4.78 is 0. The highest BCUT2D eigenvalue weighted by atomic mass is 16.3. The largest absolute Gasteiger partial charge is 0.507 e. The highest BCUT2D eigenvalue weighted by Gasteiger charge is 2.25. The molecular formula is C19H18O. The van der Waals surface area contributed by atoms with Crippen LogP contribution in [0.15, 0.2) is 66.7 Å². The molecule has 0 spiro atoms. The van der Waals surface area contributed by atoms with Crippen LogP contribution in [-0.2, 0) is 5.41 Å². The summed E-state index contributed by atoms with van der Waals surface area (Å²) in [5, 5.41) is 12.1. The summed E-state index contributed by atoms with van der Waals surface area (Å²) in [7, 11) is 0. The smallest absolute Gasteiger partial charge is 0.123 e. The fraction of sp³-hybridized carbons (Fsp3) is 0.158. The maximum Gasteiger partial charge on any atom is 0.123 e. The van der Waals surface area contributed by atoms with Gasteiger partial charge in [-0.2, -0.15) is 0 Å². The quantitative estimate of drug-likeness (QED) is 0.698. The van der Waals surface area contributed by atoms with Gasteiger partial charge in [-0.25, -0.2) is 0 Å². The molecule has 0 saturated carbocycles. The summed E-state index contributed by atoms with van der Waals surface area (Å²) in [6.07, 6.45) is 0. The van der Waals surface area contributed by atoms with Crippen LogP contribution in [0.3, 0.4) is 0 Å². The molecule has 20 heavy (non-hydrogen) atoms. The molecule has 0 aromatic heterocycles. The summed E-state index contributed by atoms with van der Waals surface area (Å²) in [6, 6.07) is 22.3. The van der Waals surface area contributed by atoms with Gasteiger partial charge < -0.3 is 5.11 Å². The van der Waals surface area contributed by atoms with Crippen LogP contribution in [0.2, 0.25) is 0 Å². The van der Waals surface area contributed by atoms with Crippen LogP contribution in [-0.4, -0.2) is 5.11 Å². The molecule has 0 heterocycles. The minimum atomic E-state index is -0.103. The minimum Gasteiger partial charge on any atom is -0.507 e. The first-order valence-corrected chi connectivity index (χ1v) is 6.87. The van der Waals surface area contributed by atoms with Gasteiger partial charge in [0.2, 0.25) is 0 Å². The van der Waals surface area contributed by atoms with Crippen molar-refractivity contribution in [2.75, 3.05) is 0 Å². The zero-order valence-corrected chi connectivity index (χ0v) is 11.8. The van der Waals surface area contributed by atoms with Crippen LogP contribution in [0.25, 0.3) is 10.8 Å². The van der Waals surface area contributed by atoms with Crippen LogP contribution in [0.4, 0.5) is 0 Å². The fourth-order valence-corrected chi connectivity index (χ4v) is 2.84. The van der Waals surface area contributed by atoms with Gasteiger partial charge in [0.1, 0.15) is 5.75 Å². The van der Waals surface area contributed by atoms with Gasteiger partial charge in [-0.1, -0.05) is 74.5 Å². The zero-order valence-electron chi connectivity index (χ0n) is 11.8. The predicted molar refractivity (Wildman–Crippen MR) is 84.2 cm³/mol. The van der Waals surface area contributed by atoms with Crippen molar-refractivity contribution >= 4 is 10.8 Å². The second-order valence-electron chi connectivity index (χ2n) is 5.67. The molecule has 3 rings (SSSR count). The maximum absolute atomic E-state index is 10.0. The minimum absolute atomic E-state index is 0.103. The summed E-state index contributed by atoms with van der Waals surface area (Å²) in [5.41, 5.74) is 2.40. The summed E-state index contributed by atoms with van der Waals surface area (Å²) in [6.45, 7) is 4.45. The first kappa shape index (κ1) is 12.7. The molecule has 0 aliphatic rings. The van der Waals surface area contributed by atoms with Crippen molar-refractivity contribution in [1.29, 1.82) is 0 Å². The van der Waals surface area contributed by atoms with Crippen molar-refractivity contribution in [2.24, 2.45) is 0 Å². The number of benzene rings is 3. The van der Waals surface area contributed by atoms with E-state index in [2.05, 4.69) is 44.2 Å². The van der Waals surface area contributed by atoms with Gasteiger partial charge in [-0.3, -0.25) is 0 Å². The van der Waals surface area contributed by atoms with E-state index in [9.17, 15) is 5.11 Å². The highest BCUT2D eigenvalue weighted by Crippen LogP contribution is 2.38. The lowest BCUT2D eigenvalue weighted by atomic mass is 9.76. The first-order chi connectivity index (χ1) is 9.60. The molecule has 0 radical (unpaired) electrons. The van der Waals surface area contributed by atoms with E-state index in [0.29, 0.717) is 5.75 Å². The molecule has 3 aromatic carbocycles. The van der Waals surface area contributed by atoms with Gasteiger partial charge in [0, 0.05) is 10.8 Å². The normalized spacial score (nSPS) is 11.7. The highest BCUT2D eigenvalue weighted by molar-refractivity contribution is 5.91. The predicted octanol–water partition coefficient (Wildman–Crippen LogP) is 4.87. The molecule has 3 aromatic rings. The molecule has 0 aliphatic heterocycles. The Hall–Kier alpha value is -2.28. The van der Waals surface area contributed by atoms with Crippen LogP contribution in [0.1, 0.15) is 25.0 Å². The van der Waals surface area contributed by atoms with Gasteiger partial charge in [-0.05, 0) is 22.6 Å². The first-order valence-electron chi connectivity index (χ1n) is 6.87. The number of fused-ring (bicyclic) bond motifs is 1. The Morgan fingerprint density at radius 2 is 1.30 bits per heavy atom. The SMILES string of the molecule is CC(C)(c1ccccc1)c1ccc(O)c2ccccc12. The maximum atomic E-state index is 10.0. The average Bonchev–Trinajstić information content (AvgIpc) is 2.48. The summed E-state index contributed by atoms with van der Waals surface area (Å²) in [5.74, 6) is 0.341. The topological polar surface area (TPSA) is 20.2 Å². The molecule has 0 amide bonds. The summed E-state index contributed by atoms with van der Waals surface area (Å²) in [4.78, 5) is 0. The Morgan fingerprint density at radius 3 is 2.00 bits per heavy atom.